The van der Waals surface area contributed by atoms with Gasteiger partial charge in [-0.25, -0.2) is 4.98 Å². The van der Waals surface area contributed by atoms with Crippen LogP contribution < -0.4 is 11.1 Å². The number of amides is 1. The van der Waals surface area contributed by atoms with Crippen molar-refractivity contribution in [2.45, 2.75) is 26.2 Å². The first-order valence-corrected chi connectivity index (χ1v) is 7.07. The summed E-state index contributed by atoms with van der Waals surface area (Å²) in [6.45, 7) is 2.90. The molecule has 4 heteroatoms. The lowest BCUT2D eigenvalue weighted by Gasteiger charge is -2.13. The van der Waals surface area contributed by atoms with Crippen LogP contribution in [-0.2, 0) is 0 Å². The average molecular weight is 269 g/mol. The van der Waals surface area contributed by atoms with Crippen molar-refractivity contribution in [1.82, 2.24) is 10.3 Å². The summed E-state index contributed by atoms with van der Waals surface area (Å²) in [7, 11) is 0. The van der Waals surface area contributed by atoms with Crippen molar-refractivity contribution in [3.05, 3.63) is 36.0 Å². The standard InChI is InChI=1S/C16H19N3O/c1-2-16(7-8-16)10-18-15(20)13-9-11-5-3-4-6-12(11)14(17)19-13/h3-6,9H,2,7-8,10H2,1H3,(H2,17,19)(H,18,20). The van der Waals surface area contributed by atoms with Crippen LogP contribution in [0.4, 0.5) is 5.82 Å². The van der Waals surface area contributed by atoms with Gasteiger partial charge >= 0.3 is 0 Å². The molecule has 1 saturated carbocycles. The van der Waals surface area contributed by atoms with Gasteiger partial charge in [0.2, 0.25) is 0 Å². The van der Waals surface area contributed by atoms with Crippen molar-refractivity contribution < 1.29 is 4.79 Å². The third kappa shape index (κ3) is 2.33. The van der Waals surface area contributed by atoms with E-state index >= 15 is 0 Å². The van der Waals surface area contributed by atoms with E-state index in [4.69, 9.17) is 5.73 Å². The summed E-state index contributed by atoms with van der Waals surface area (Å²) in [5.41, 5.74) is 6.65. The summed E-state index contributed by atoms with van der Waals surface area (Å²) >= 11 is 0. The fourth-order valence-corrected chi connectivity index (χ4v) is 2.53. The fourth-order valence-electron chi connectivity index (χ4n) is 2.53. The quantitative estimate of drug-likeness (QED) is 0.896. The molecule has 1 aliphatic rings. The van der Waals surface area contributed by atoms with Gasteiger partial charge in [-0.05, 0) is 36.1 Å². The van der Waals surface area contributed by atoms with Crippen LogP contribution in [0.15, 0.2) is 30.3 Å². The molecule has 20 heavy (non-hydrogen) atoms. The molecule has 1 heterocycles. The van der Waals surface area contributed by atoms with Crippen molar-refractivity contribution >= 4 is 22.5 Å². The largest absolute Gasteiger partial charge is 0.383 e. The Bertz CT molecular complexity index is 662. The highest BCUT2D eigenvalue weighted by Crippen LogP contribution is 2.47. The lowest BCUT2D eigenvalue weighted by atomic mass is 10.0. The minimum absolute atomic E-state index is 0.137. The minimum atomic E-state index is -0.137. The van der Waals surface area contributed by atoms with E-state index in [-0.39, 0.29) is 5.91 Å². The Balaban J connectivity index is 1.81. The van der Waals surface area contributed by atoms with Crippen LogP contribution in [-0.4, -0.2) is 17.4 Å². The molecule has 104 valence electrons. The molecule has 0 spiro atoms. The van der Waals surface area contributed by atoms with E-state index in [0.29, 0.717) is 16.9 Å². The van der Waals surface area contributed by atoms with Crippen LogP contribution in [0.25, 0.3) is 10.8 Å². The van der Waals surface area contributed by atoms with Gasteiger partial charge < -0.3 is 11.1 Å². The maximum atomic E-state index is 12.2. The second kappa shape index (κ2) is 4.78. The molecule has 0 saturated heterocycles. The first kappa shape index (κ1) is 12.9. The van der Waals surface area contributed by atoms with E-state index in [9.17, 15) is 4.79 Å². The van der Waals surface area contributed by atoms with E-state index in [0.717, 1.165) is 23.7 Å². The molecule has 1 aromatic carbocycles. The Kier molecular flexibility index (Phi) is 3.08. The molecule has 3 rings (SSSR count). The maximum absolute atomic E-state index is 12.2. The van der Waals surface area contributed by atoms with Gasteiger partial charge in [0, 0.05) is 11.9 Å². The molecule has 1 amide bonds. The Hall–Kier alpha value is -2.10. The van der Waals surface area contributed by atoms with Crippen LogP contribution in [0.5, 0.6) is 0 Å². The Morgan fingerprint density at radius 2 is 2.15 bits per heavy atom. The maximum Gasteiger partial charge on any atom is 0.270 e. The van der Waals surface area contributed by atoms with Crippen LogP contribution in [0.2, 0.25) is 0 Å². The Morgan fingerprint density at radius 1 is 1.40 bits per heavy atom. The zero-order valence-corrected chi connectivity index (χ0v) is 11.6. The van der Waals surface area contributed by atoms with Crippen molar-refractivity contribution in [2.24, 2.45) is 5.41 Å². The molecule has 1 aliphatic carbocycles. The predicted molar refractivity (Wildman–Crippen MR) is 80.4 cm³/mol. The number of nitrogen functional groups attached to an aromatic ring is 1. The van der Waals surface area contributed by atoms with Gasteiger partial charge in [-0.15, -0.1) is 0 Å². The second-order valence-electron chi connectivity index (χ2n) is 5.65. The lowest BCUT2D eigenvalue weighted by molar-refractivity contribution is 0.0939. The van der Waals surface area contributed by atoms with E-state index in [1.165, 1.54) is 12.8 Å². The van der Waals surface area contributed by atoms with E-state index in [1.54, 1.807) is 6.07 Å². The summed E-state index contributed by atoms with van der Waals surface area (Å²) in [6, 6.07) is 9.50. The zero-order valence-electron chi connectivity index (χ0n) is 11.6. The highest BCUT2D eigenvalue weighted by Gasteiger charge is 2.40. The number of nitrogens with one attached hydrogen (secondary N) is 1. The molecular formula is C16H19N3O. The summed E-state index contributed by atoms with van der Waals surface area (Å²) in [6.07, 6.45) is 3.52. The first-order chi connectivity index (χ1) is 9.63. The molecule has 0 aliphatic heterocycles. The third-order valence-corrected chi connectivity index (χ3v) is 4.33. The second-order valence-corrected chi connectivity index (χ2v) is 5.65. The van der Waals surface area contributed by atoms with Gasteiger partial charge in [-0.2, -0.15) is 0 Å². The molecule has 0 atom stereocenters. The Labute approximate surface area is 118 Å². The van der Waals surface area contributed by atoms with Crippen molar-refractivity contribution in [3.63, 3.8) is 0 Å². The van der Waals surface area contributed by atoms with Crippen molar-refractivity contribution in [1.29, 1.82) is 0 Å². The highest BCUT2D eigenvalue weighted by atomic mass is 16.1. The monoisotopic (exact) mass is 269 g/mol. The number of fused-ring (bicyclic) bond motifs is 1. The van der Waals surface area contributed by atoms with Gasteiger partial charge in [0.15, 0.2) is 0 Å². The van der Waals surface area contributed by atoms with Gasteiger partial charge in [0.1, 0.15) is 11.5 Å². The number of nitrogens with two attached hydrogens (primary N) is 1. The summed E-state index contributed by atoms with van der Waals surface area (Å²) in [4.78, 5) is 16.4. The van der Waals surface area contributed by atoms with Crippen LogP contribution >= 0.6 is 0 Å². The Morgan fingerprint density at radius 3 is 2.85 bits per heavy atom. The van der Waals surface area contributed by atoms with Gasteiger partial charge in [0.05, 0.1) is 0 Å². The van der Waals surface area contributed by atoms with Gasteiger partial charge in [0.25, 0.3) is 5.91 Å². The summed E-state index contributed by atoms with van der Waals surface area (Å²) in [5, 5.41) is 4.82. The van der Waals surface area contributed by atoms with E-state index in [1.807, 2.05) is 24.3 Å². The smallest absolute Gasteiger partial charge is 0.270 e. The van der Waals surface area contributed by atoms with E-state index in [2.05, 4.69) is 17.2 Å². The topological polar surface area (TPSA) is 68.0 Å². The molecule has 4 nitrogen and oxygen atoms in total. The van der Waals surface area contributed by atoms with Crippen molar-refractivity contribution in [3.8, 4) is 0 Å². The number of hydrogen-bond acceptors (Lipinski definition) is 3. The normalized spacial score (nSPS) is 16.1. The predicted octanol–water partition coefficient (Wildman–Crippen LogP) is 2.74. The molecule has 1 aromatic heterocycles. The highest BCUT2D eigenvalue weighted by molar-refractivity contribution is 5.99. The lowest BCUT2D eigenvalue weighted by Crippen LogP contribution is -2.30. The van der Waals surface area contributed by atoms with Gasteiger partial charge in [-0.1, -0.05) is 31.2 Å². The number of hydrogen-bond donors (Lipinski definition) is 2. The van der Waals surface area contributed by atoms with Gasteiger partial charge in [-0.3, -0.25) is 4.79 Å². The molecule has 3 N–H and O–H groups in total. The molecule has 0 radical (unpaired) electrons. The molecule has 0 bridgehead atoms. The molecular weight excluding hydrogens is 250 g/mol. The summed E-state index contributed by atoms with van der Waals surface area (Å²) < 4.78 is 0. The number of pyridine rings is 1. The van der Waals surface area contributed by atoms with E-state index < -0.39 is 0 Å². The first-order valence-electron chi connectivity index (χ1n) is 7.07. The van der Waals surface area contributed by atoms with Crippen molar-refractivity contribution in [2.75, 3.05) is 12.3 Å². The number of benzene rings is 1. The van der Waals surface area contributed by atoms with Crippen LogP contribution in [0.3, 0.4) is 0 Å². The molecule has 0 unspecified atom stereocenters. The minimum Gasteiger partial charge on any atom is -0.383 e. The SMILES string of the molecule is CCC1(CNC(=O)c2cc3ccccc3c(N)n2)CC1. The zero-order chi connectivity index (χ0) is 14.2. The van der Waals surface area contributed by atoms with Crippen LogP contribution in [0, 0.1) is 5.41 Å². The molecule has 1 fully saturated rings. The third-order valence-electron chi connectivity index (χ3n) is 4.33. The number of aromatic nitrogens is 1. The molecule has 2 aromatic rings. The fraction of sp³-hybridized carbons (Fsp3) is 0.375. The number of carbonyl (C=O) groups excluding carboxylic acids is 1. The number of nitrogens with zero attached hydrogens (tertiary/aromatic N) is 1. The van der Waals surface area contributed by atoms with Crippen LogP contribution in [0.1, 0.15) is 36.7 Å². The number of anilines is 1. The number of carbonyl (C=O) groups is 1. The summed E-state index contributed by atoms with van der Waals surface area (Å²) in [5.74, 6) is 0.270. The average Bonchev–Trinajstić information content (AvgIpc) is 3.25. The number of rotatable bonds is 4.